The fourth-order valence-electron chi connectivity index (χ4n) is 1.95. The molecule has 1 aromatic carbocycles. The Hall–Kier alpha value is -1.66. The Morgan fingerprint density at radius 2 is 2.22 bits per heavy atom. The number of aromatic amines is 2. The highest BCUT2D eigenvalue weighted by atomic mass is 79.9. The molecule has 6 heteroatoms. The first-order valence-electron chi connectivity index (χ1n) is 5.66. The lowest BCUT2D eigenvalue weighted by Crippen LogP contribution is -2.03. The van der Waals surface area contributed by atoms with Gasteiger partial charge in [-0.1, -0.05) is 6.07 Å². The van der Waals surface area contributed by atoms with Crippen LogP contribution in [-0.2, 0) is 6.42 Å². The molecule has 0 radical (unpaired) electrons. The second kappa shape index (κ2) is 4.55. The first kappa shape index (κ1) is 11.4. The summed E-state index contributed by atoms with van der Waals surface area (Å²) < 4.78 is 0.979. The number of imidazole rings is 1. The van der Waals surface area contributed by atoms with Gasteiger partial charge in [0, 0.05) is 12.0 Å². The molecule has 5 nitrogen and oxygen atoms in total. The molecule has 0 bridgehead atoms. The molecule has 0 aliphatic carbocycles. The number of fused-ring (bicyclic) bond motifs is 1. The van der Waals surface area contributed by atoms with Crippen molar-refractivity contribution in [3.8, 4) is 11.3 Å². The summed E-state index contributed by atoms with van der Waals surface area (Å²) in [5, 5.41) is 7.35. The molecule has 0 aliphatic rings. The van der Waals surface area contributed by atoms with E-state index in [0.717, 1.165) is 38.9 Å². The molecule has 0 saturated carbocycles. The van der Waals surface area contributed by atoms with Crippen LogP contribution >= 0.6 is 15.9 Å². The standard InChI is InChI=1S/C12H12BrN5/c13-11-9(3-4-14)17-18-12(11)7-1-2-8-10(5-7)16-6-15-8/h1-2,5-6H,3-4,14H2,(H,15,16)(H,17,18). The Kier molecular flexibility index (Phi) is 2.89. The Bertz CT molecular complexity index is 685. The SMILES string of the molecule is NCCc1[nH]nc(-c2ccc3nc[nH]c3c2)c1Br. The third-order valence-corrected chi connectivity index (χ3v) is 3.72. The average Bonchev–Trinajstić information content (AvgIpc) is 2.97. The number of nitrogens with two attached hydrogens (primary N) is 1. The quantitative estimate of drug-likeness (QED) is 0.694. The van der Waals surface area contributed by atoms with Crippen LogP contribution in [0, 0.1) is 0 Å². The van der Waals surface area contributed by atoms with Gasteiger partial charge in [0.15, 0.2) is 0 Å². The van der Waals surface area contributed by atoms with Crippen LogP contribution in [-0.4, -0.2) is 26.7 Å². The van der Waals surface area contributed by atoms with E-state index in [2.05, 4.69) is 36.1 Å². The summed E-state index contributed by atoms with van der Waals surface area (Å²) in [5.41, 5.74) is 10.5. The summed E-state index contributed by atoms with van der Waals surface area (Å²) >= 11 is 3.57. The van der Waals surface area contributed by atoms with E-state index in [1.54, 1.807) is 6.33 Å². The monoisotopic (exact) mass is 305 g/mol. The van der Waals surface area contributed by atoms with Crippen molar-refractivity contribution in [2.75, 3.05) is 6.54 Å². The molecule has 3 aromatic rings. The van der Waals surface area contributed by atoms with Gasteiger partial charge in [0.1, 0.15) is 5.69 Å². The molecule has 0 fully saturated rings. The first-order chi connectivity index (χ1) is 8.79. The lowest BCUT2D eigenvalue weighted by atomic mass is 10.1. The van der Waals surface area contributed by atoms with Gasteiger partial charge in [-0.05, 0) is 34.6 Å². The topological polar surface area (TPSA) is 83.4 Å². The lowest BCUT2D eigenvalue weighted by Gasteiger charge is -1.99. The van der Waals surface area contributed by atoms with Gasteiger partial charge >= 0.3 is 0 Å². The smallest absolute Gasteiger partial charge is 0.107 e. The molecule has 3 rings (SSSR count). The van der Waals surface area contributed by atoms with E-state index in [9.17, 15) is 0 Å². The lowest BCUT2D eigenvalue weighted by molar-refractivity contribution is 0.898. The molecular formula is C12H12BrN5. The van der Waals surface area contributed by atoms with Crippen molar-refractivity contribution in [2.45, 2.75) is 6.42 Å². The minimum atomic E-state index is 0.597. The van der Waals surface area contributed by atoms with Crippen molar-refractivity contribution in [1.82, 2.24) is 20.2 Å². The maximum atomic E-state index is 5.56. The summed E-state index contributed by atoms with van der Waals surface area (Å²) in [4.78, 5) is 7.30. The van der Waals surface area contributed by atoms with E-state index < -0.39 is 0 Å². The second-order valence-electron chi connectivity index (χ2n) is 4.04. The van der Waals surface area contributed by atoms with Gasteiger partial charge in [0.2, 0.25) is 0 Å². The van der Waals surface area contributed by atoms with Crippen molar-refractivity contribution in [3.05, 3.63) is 34.7 Å². The van der Waals surface area contributed by atoms with Crippen molar-refractivity contribution >= 4 is 27.0 Å². The summed E-state index contributed by atoms with van der Waals surface area (Å²) in [6, 6.07) is 6.02. The number of hydrogen-bond acceptors (Lipinski definition) is 3. The van der Waals surface area contributed by atoms with E-state index in [-0.39, 0.29) is 0 Å². The van der Waals surface area contributed by atoms with Crippen LogP contribution in [0.5, 0.6) is 0 Å². The number of halogens is 1. The molecule has 0 spiro atoms. The molecule has 0 aliphatic heterocycles. The summed E-state index contributed by atoms with van der Waals surface area (Å²) in [6.07, 6.45) is 2.47. The number of aromatic nitrogens is 4. The molecule has 18 heavy (non-hydrogen) atoms. The molecule has 92 valence electrons. The minimum absolute atomic E-state index is 0.597. The molecule has 0 unspecified atom stereocenters. The number of H-pyrrole nitrogens is 2. The fourth-order valence-corrected chi connectivity index (χ4v) is 2.55. The number of benzene rings is 1. The zero-order valence-corrected chi connectivity index (χ0v) is 11.2. The Balaban J connectivity index is 2.07. The summed E-state index contributed by atoms with van der Waals surface area (Å²) in [5.74, 6) is 0. The van der Waals surface area contributed by atoms with Crippen molar-refractivity contribution < 1.29 is 0 Å². The first-order valence-corrected chi connectivity index (χ1v) is 6.45. The van der Waals surface area contributed by atoms with Crippen molar-refractivity contribution in [2.24, 2.45) is 5.73 Å². The highest BCUT2D eigenvalue weighted by Gasteiger charge is 2.12. The van der Waals surface area contributed by atoms with Crippen LogP contribution in [0.4, 0.5) is 0 Å². The van der Waals surface area contributed by atoms with Crippen LogP contribution in [0.2, 0.25) is 0 Å². The second-order valence-corrected chi connectivity index (χ2v) is 4.83. The number of hydrogen-bond donors (Lipinski definition) is 3. The van der Waals surface area contributed by atoms with Crippen LogP contribution < -0.4 is 5.73 Å². The Labute approximate surface area is 112 Å². The predicted molar refractivity (Wildman–Crippen MR) is 74.1 cm³/mol. The highest BCUT2D eigenvalue weighted by Crippen LogP contribution is 2.30. The van der Waals surface area contributed by atoms with Gasteiger partial charge < -0.3 is 10.7 Å². The summed E-state index contributed by atoms with van der Waals surface area (Å²) in [6.45, 7) is 0.597. The van der Waals surface area contributed by atoms with Gasteiger partial charge in [-0.25, -0.2) is 4.98 Å². The van der Waals surface area contributed by atoms with Gasteiger partial charge in [0.05, 0.1) is 27.5 Å². The predicted octanol–water partition coefficient (Wildman–Crippen LogP) is 2.22. The molecule has 0 atom stereocenters. The zero-order chi connectivity index (χ0) is 12.5. The Morgan fingerprint density at radius 3 is 3.06 bits per heavy atom. The third-order valence-electron chi connectivity index (χ3n) is 2.86. The van der Waals surface area contributed by atoms with Gasteiger partial charge in [-0.3, -0.25) is 5.10 Å². The molecule has 2 heterocycles. The van der Waals surface area contributed by atoms with Crippen molar-refractivity contribution in [1.29, 1.82) is 0 Å². The number of nitrogens with zero attached hydrogens (tertiary/aromatic N) is 2. The van der Waals surface area contributed by atoms with Crippen LogP contribution in [0.3, 0.4) is 0 Å². The van der Waals surface area contributed by atoms with E-state index in [4.69, 9.17) is 5.73 Å². The van der Waals surface area contributed by atoms with E-state index in [0.29, 0.717) is 6.54 Å². The van der Waals surface area contributed by atoms with Crippen molar-refractivity contribution in [3.63, 3.8) is 0 Å². The Morgan fingerprint density at radius 1 is 1.33 bits per heavy atom. The van der Waals surface area contributed by atoms with E-state index >= 15 is 0 Å². The molecular weight excluding hydrogens is 294 g/mol. The normalized spacial score (nSPS) is 11.2. The maximum absolute atomic E-state index is 5.56. The highest BCUT2D eigenvalue weighted by molar-refractivity contribution is 9.10. The molecule has 2 aromatic heterocycles. The zero-order valence-electron chi connectivity index (χ0n) is 9.57. The largest absolute Gasteiger partial charge is 0.345 e. The number of rotatable bonds is 3. The number of nitrogens with one attached hydrogen (secondary N) is 2. The van der Waals surface area contributed by atoms with Gasteiger partial charge in [-0.2, -0.15) is 5.10 Å². The third kappa shape index (κ3) is 1.83. The van der Waals surface area contributed by atoms with Crippen LogP contribution in [0.25, 0.3) is 22.3 Å². The molecule has 4 N–H and O–H groups in total. The fraction of sp³-hybridized carbons (Fsp3) is 0.167. The van der Waals surface area contributed by atoms with Gasteiger partial charge in [0.25, 0.3) is 0 Å². The summed E-state index contributed by atoms with van der Waals surface area (Å²) in [7, 11) is 0. The maximum Gasteiger partial charge on any atom is 0.107 e. The van der Waals surface area contributed by atoms with E-state index in [1.807, 2.05) is 18.2 Å². The van der Waals surface area contributed by atoms with Crippen LogP contribution in [0.15, 0.2) is 29.0 Å². The molecule has 0 saturated heterocycles. The molecule has 0 amide bonds. The minimum Gasteiger partial charge on any atom is -0.345 e. The van der Waals surface area contributed by atoms with Gasteiger partial charge in [-0.15, -0.1) is 0 Å². The van der Waals surface area contributed by atoms with E-state index in [1.165, 1.54) is 0 Å². The van der Waals surface area contributed by atoms with Crippen LogP contribution in [0.1, 0.15) is 5.69 Å². The average molecular weight is 306 g/mol.